The van der Waals surface area contributed by atoms with Crippen LogP contribution in [0.2, 0.25) is 0 Å². The number of nitrogens with zero attached hydrogens (tertiary/aromatic N) is 1. The monoisotopic (exact) mass is 311 g/mol. The number of aromatic carboxylic acids is 1. The second-order valence-electron chi connectivity index (χ2n) is 5.53. The molecule has 5 nitrogen and oxygen atoms in total. The fourth-order valence-corrected chi connectivity index (χ4v) is 2.68. The zero-order valence-corrected chi connectivity index (χ0v) is 12.5. The quantitative estimate of drug-likeness (QED) is 0.942. The van der Waals surface area contributed by atoms with Crippen LogP contribution >= 0.6 is 0 Å². The molecule has 2 aromatic carbocycles. The third-order valence-corrected chi connectivity index (χ3v) is 3.98. The molecule has 0 aromatic heterocycles. The summed E-state index contributed by atoms with van der Waals surface area (Å²) in [6.45, 7) is 1.21. The summed E-state index contributed by atoms with van der Waals surface area (Å²) in [6.07, 6.45) is -0.363. The standard InChI is InChI=1S/C18H17NO4/c20-17(21)16-9-5-4-8-15(16)14-10-19(11-14)18(22)23-12-13-6-2-1-3-7-13/h1-9,14H,10-12H2,(H,20,21). The topological polar surface area (TPSA) is 66.8 Å². The third kappa shape index (κ3) is 3.34. The number of hydrogen-bond donors (Lipinski definition) is 1. The summed E-state index contributed by atoms with van der Waals surface area (Å²) in [5.74, 6) is -0.891. The van der Waals surface area contributed by atoms with E-state index >= 15 is 0 Å². The van der Waals surface area contributed by atoms with Crippen molar-refractivity contribution < 1.29 is 19.4 Å². The van der Waals surface area contributed by atoms with Gasteiger partial charge in [0.2, 0.25) is 0 Å². The van der Waals surface area contributed by atoms with Crippen molar-refractivity contribution in [1.29, 1.82) is 0 Å². The molecule has 118 valence electrons. The van der Waals surface area contributed by atoms with Gasteiger partial charge >= 0.3 is 12.1 Å². The minimum absolute atomic E-state index is 0.0478. The van der Waals surface area contributed by atoms with Gasteiger partial charge in [0.05, 0.1) is 5.56 Å². The minimum Gasteiger partial charge on any atom is -0.478 e. The van der Waals surface area contributed by atoms with Crippen molar-refractivity contribution in [3.05, 3.63) is 71.3 Å². The maximum absolute atomic E-state index is 12.0. The Morgan fingerprint density at radius 3 is 2.39 bits per heavy atom. The van der Waals surface area contributed by atoms with Gasteiger partial charge in [0.1, 0.15) is 6.61 Å². The van der Waals surface area contributed by atoms with E-state index < -0.39 is 5.97 Å². The van der Waals surface area contributed by atoms with Crippen LogP contribution in [-0.2, 0) is 11.3 Å². The minimum atomic E-state index is -0.939. The van der Waals surface area contributed by atoms with Crippen molar-refractivity contribution in [2.45, 2.75) is 12.5 Å². The normalized spacial score (nSPS) is 14.2. The average Bonchev–Trinajstić information content (AvgIpc) is 2.53. The molecule has 0 saturated carbocycles. The molecule has 0 radical (unpaired) electrons. The molecule has 0 aliphatic carbocycles. The summed E-state index contributed by atoms with van der Waals surface area (Å²) in [5, 5.41) is 9.21. The van der Waals surface area contributed by atoms with Gasteiger partial charge in [0, 0.05) is 19.0 Å². The second kappa shape index (κ2) is 6.52. The van der Waals surface area contributed by atoms with E-state index in [1.165, 1.54) is 0 Å². The zero-order valence-electron chi connectivity index (χ0n) is 12.5. The lowest BCUT2D eigenvalue weighted by Gasteiger charge is -2.39. The number of carbonyl (C=O) groups is 2. The van der Waals surface area contributed by atoms with Gasteiger partial charge in [0.25, 0.3) is 0 Å². The van der Waals surface area contributed by atoms with Gasteiger partial charge in [-0.05, 0) is 17.2 Å². The number of carbonyl (C=O) groups excluding carboxylic acids is 1. The largest absolute Gasteiger partial charge is 0.478 e. The molecule has 1 fully saturated rings. The summed E-state index contributed by atoms with van der Waals surface area (Å²) >= 11 is 0. The van der Waals surface area contributed by atoms with E-state index in [2.05, 4.69) is 0 Å². The first kappa shape index (κ1) is 15.1. The van der Waals surface area contributed by atoms with Crippen LogP contribution < -0.4 is 0 Å². The molecule has 1 amide bonds. The number of carboxylic acid groups (broad SMARTS) is 1. The summed E-state index contributed by atoms with van der Waals surface area (Å²) in [6, 6.07) is 16.4. The summed E-state index contributed by atoms with van der Waals surface area (Å²) in [7, 11) is 0. The Balaban J connectivity index is 1.55. The molecule has 0 atom stereocenters. The summed E-state index contributed by atoms with van der Waals surface area (Å²) < 4.78 is 5.26. The molecule has 1 N–H and O–H groups in total. The molecule has 3 rings (SSSR count). The van der Waals surface area contributed by atoms with Gasteiger partial charge in [-0.3, -0.25) is 0 Å². The number of carboxylic acids is 1. The average molecular weight is 311 g/mol. The Hall–Kier alpha value is -2.82. The van der Waals surface area contributed by atoms with Crippen molar-refractivity contribution in [2.24, 2.45) is 0 Å². The first-order valence-electron chi connectivity index (χ1n) is 7.43. The Morgan fingerprint density at radius 2 is 1.70 bits per heavy atom. The van der Waals surface area contributed by atoms with Gasteiger partial charge in [-0.1, -0.05) is 48.5 Å². The molecule has 5 heteroatoms. The molecule has 1 aliphatic rings. The lowest BCUT2D eigenvalue weighted by Crippen LogP contribution is -2.49. The molecule has 1 heterocycles. The molecule has 0 spiro atoms. The van der Waals surface area contributed by atoms with Crippen LogP contribution in [0.1, 0.15) is 27.4 Å². The Kier molecular flexibility index (Phi) is 4.28. The number of likely N-dealkylation sites (tertiary alicyclic amines) is 1. The molecule has 23 heavy (non-hydrogen) atoms. The van der Waals surface area contributed by atoms with E-state index in [0.717, 1.165) is 11.1 Å². The van der Waals surface area contributed by atoms with Gasteiger partial charge in [-0.15, -0.1) is 0 Å². The van der Waals surface area contributed by atoms with Crippen molar-refractivity contribution in [2.75, 3.05) is 13.1 Å². The fraction of sp³-hybridized carbons (Fsp3) is 0.222. The van der Waals surface area contributed by atoms with Crippen LogP contribution in [-0.4, -0.2) is 35.2 Å². The van der Waals surface area contributed by atoms with Crippen LogP contribution in [0.5, 0.6) is 0 Å². The van der Waals surface area contributed by atoms with Gasteiger partial charge in [-0.25, -0.2) is 9.59 Å². The molecule has 1 aliphatic heterocycles. The van der Waals surface area contributed by atoms with Gasteiger partial charge in [-0.2, -0.15) is 0 Å². The highest BCUT2D eigenvalue weighted by molar-refractivity contribution is 5.89. The highest BCUT2D eigenvalue weighted by Gasteiger charge is 2.34. The number of rotatable bonds is 4. The van der Waals surface area contributed by atoms with Crippen molar-refractivity contribution in [3.8, 4) is 0 Å². The van der Waals surface area contributed by atoms with E-state index in [4.69, 9.17) is 4.74 Å². The number of ether oxygens (including phenoxy) is 1. The Morgan fingerprint density at radius 1 is 1.04 bits per heavy atom. The van der Waals surface area contributed by atoms with Crippen molar-refractivity contribution in [1.82, 2.24) is 4.90 Å². The lowest BCUT2D eigenvalue weighted by molar-refractivity contribution is 0.0647. The second-order valence-corrected chi connectivity index (χ2v) is 5.53. The molecular formula is C18H17NO4. The predicted molar refractivity (Wildman–Crippen MR) is 84.3 cm³/mol. The Labute approximate surface area is 134 Å². The summed E-state index contributed by atoms with van der Waals surface area (Å²) in [4.78, 5) is 24.8. The maximum Gasteiger partial charge on any atom is 0.410 e. The Bertz CT molecular complexity index is 708. The van der Waals surface area contributed by atoms with E-state index in [1.807, 2.05) is 36.4 Å². The highest BCUT2D eigenvalue weighted by Crippen LogP contribution is 2.30. The number of benzene rings is 2. The third-order valence-electron chi connectivity index (χ3n) is 3.98. The van der Waals surface area contributed by atoms with Crippen LogP contribution in [0.15, 0.2) is 54.6 Å². The predicted octanol–water partition coefficient (Wildman–Crippen LogP) is 3.12. The molecular weight excluding hydrogens is 294 g/mol. The molecule has 0 unspecified atom stereocenters. The van der Waals surface area contributed by atoms with E-state index in [0.29, 0.717) is 18.7 Å². The van der Waals surface area contributed by atoms with E-state index in [9.17, 15) is 14.7 Å². The van der Waals surface area contributed by atoms with Crippen molar-refractivity contribution >= 4 is 12.1 Å². The summed E-state index contributed by atoms with van der Waals surface area (Å²) in [5.41, 5.74) is 2.01. The van der Waals surface area contributed by atoms with E-state index in [-0.39, 0.29) is 18.6 Å². The number of hydrogen-bond acceptors (Lipinski definition) is 3. The van der Waals surface area contributed by atoms with Crippen molar-refractivity contribution in [3.63, 3.8) is 0 Å². The number of amides is 1. The molecule has 1 saturated heterocycles. The zero-order chi connectivity index (χ0) is 16.2. The maximum atomic E-state index is 12.0. The van der Waals surface area contributed by atoms with E-state index in [1.54, 1.807) is 23.1 Å². The van der Waals surface area contributed by atoms with Gasteiger partial charge in [0.15, 0.2) is 0 Å². The molecule has 2 aromatic rings. The fourth-order valence-electron chi connectivity index (χ4n) is 2.68. The molecule has 0 bridgehead atoms. The first-order chi connectivity index (χ1) is 11.1. The van der Waals surface area contributed by atoms with Gasteiger partial charge < -0.3 is 14.7 Å². The van der Waals surface area contributed by atoms with Crippen LogP contribution in [0.3, 0.4) is 0 Å². The highest BCUT2D eigenvalue weighted by atomic mass is 16.6. The SMILES string of the molecule is O=C(O)c1ccccc1C1CN(C(=O)OCc2ccccc2)C1. The van der Waals surface area contributed by atoms with Crippen LogP contribution in [0.25, 0.3) is 0 Å². The van der Waals surface area contributed by atoms with Crippen LogP contribution in [0.4, 0.5) is 4.79 Å². The smallest absolute Gasteiger partial charge is 0.410 e. The first-order valence-corrected chi connectivity index (χ1v) is 7.43. The van der Waals surface area contributed by atoms with Crippen LogP contribution in [0, 0.1) is 0 Å². The lowest BCUT2D eigenvalue weighted by atomic mass is 9.88.